The Morgan fingerprint density at radius 1 is 1.29 bits per heavy atom. The van der Waals surface area contributed by atoms with Gasteiger partial charge in [0.1, 0.15) is 5.82 Å². The van der Waals surface area contributed by atoms with Gasteiger partial charge in [0.2, 0.25) is 0 Å². The second kappa shape index (κ2) is 4.49. The third-order valence-corrected chi connectivity index (χ3v) is 3.37. The van der Waals surface area contributed by atoms with E-state index in [0.717, 1.165) is 21.7 Å². The zero-order valence-electron chi connectivity index (χ0n) is 10.1. The van der Waals surface area contributed by atoms with Gasteiger partial charge in [0.05, 0.1) is 5.69 Å². The number of aryl methyl sites for hydroxylation is 1. The van der Waals surface area contributed by atoms with E-state index in [9.17, 15) is 0 Å². The van der Waals surface area contributed by atoms with Crippen molar-refractivity contribution in [2.24, 2.45) is 0 Å². The number of nitrogens with two attached hydrogens (primary N) is 1. The van der Waals surface area contributed by atoms with Crippen molar-refractivity contribution in [3.05, 3.63) is 28.5 Å². The number of rotatable bonds is 2. The zero-order chi connectivity index (χ0) is 12.6. The summed E-state index contributed by atoms with van der Waals surface area (Å²) < 4.78 is 2.96. The molecule has 2 rings (SSSR count). The Bertz CT molecular complexity index is 545. The minimum atomic E-state index is 0.304. The molecular formula is C12H15BrN4. The molecular weight excluding hydrogens is 280 g/mol. The van der Waals surface area contributed by atoms with Crippen molar-refractivity contribution in [2.75, 3.05) is 5.73 Å². The van der Waals surface area contributed by atoms with Crippen LogP contribution in [0.5, 0.6) is 0 Å². The van der Waals surface area contributed by atoms with Crippen LogP contribution in [-0.2, 0) is 0 Å². The molecule has 0 unspecified atom stereocenters. The van der Waals surface area contributed by atoms with Gasteiger partial charge in [-0.25, -0.2) is 0 Å². The summed E-state index contributed by atoms with van der Waals surface area (Å²) >= 11 is 3.43. The molecule has 1 aromatic carbocycles. The van der Waals surface area contributed by atoms with Crippen LogP contribution in [0.3, 0.4) is 0 Å². The van der Waals surface area contributed by atoms with Gasteiger partial charge in [0, 0.05) is 16.1 Å². The van der Waals surface area contributed by atoms with Gasteiger partial charge < -0.3 is 10.3 Å². The maximum Gasteiger partial charge on any atom is 0.166 e. The minimum Gasteiger partial charge on any atom is -0.397 e. The molecule has 0 bridgehead atoms. The molecule has 1 heterocycles. The fraction of sp³-hybridized carbons (Fsp3) is 0.333. The molecule has 4 nitrogen and oxygen atoms in total. The normalized spacial score (nSPS) is 11.1. The Kier molecular flexibility index (Phi) is 3.19. The fourth-order valence-corrected chi connectivity index (χ4v) is 2.27. The molecule has 0 amide bonds. The van der Waals surface area contributed by atoms with Gasteiger partial charge >= 0.3 is 0 Å². The summed E-state index contributed by atoms with van der Waals surface area (Å²) in [5, 5.41) is 8.35. The van der Waals surface area contributed by atoms with E-state index in [4.69, 9.17) is 5.73 Å². The molecule has 17 heavy (non-hydrogen) atoms. The first-order valence-electron chi connectivity index (χ1n) is 5.48. The molecule has 0 atom stereocenters. The number of benzene rings is 1. The smallest absolute Gasteiger partial charge is 0.166 e. The van der Waals surface area contributed by atoms with Gasteiger partial charge in [-0.15, -0.1) is 10.2 Å². The molecule has 2 N–H and O–H groups in total. The van der Waals surface area contributed by atoms with Crippen molar-refractivity contribution < 1.29 is 0 Å². The number of hydrogen-bond donors (Lipinski definition) is 1. The monoisotopic (exact) mass is 294 g/mol. The van der Waals surface area contributed by atoms with Crippen LogP contribution in [-0.4, -0.2) is 14.8 Å². The largest absolute Gasteiger partial charge is 0.397 e. The molecule has 1 aromatic heterocycles. The van der Waals surface area contributed by atoms with Gasteiger partial charge in [-0.3, -0.25) is 0 Å². The number of anilines is 1. The molecule has 0 aliphatic rings. The Hall–Kier alpha value is -1.36. The first kappa shape index (κ1) is 12.1. The Balaban J connectivity index is 2.65. The molecule has 0 saturated carbocycles. The fourth-order valence-electron chi connectivity index (χ4n) is 1.90. The number of hydrogen-bond acceptors (Lipinski definition) is 3. The van der Waals surface area contributed by atoms with E-state index in [-0.39, 0.29) is 0 Å². The summed E-state index contributed by atoms with van der Waals surface area (Å²) in [6.45, 7) is 6.16. The molecule has 2 aromatic rings. The molecule has 0 aliphatic carbocycles. The standard InChI is InChI=1S/C12H15BrN4/c1-7(2)17-8(3)15-16-12(17)9-5-4-6-10(13)11(9)14/h4-7H,14H2,1-3H3. The second-order valence-electron chi connectivity index (χ2n) is 4.24. The van der Waals surface area contributed by atoms with Crippen molar-refractivity contribution >= 4 is 21.6 Å². The maximum atomic E-state index is 6.06. The van der Waals surface area contributed by atoms with Crippen LogP contribution in [0.4, 0.5) is 5.69 Å². The second-order valence-corrected chi connectivity index (χ2v) is 5.09. The number of aromatic nitrogens is 3. The third-order valence-electron chi connectivity index (χ3n) is 2.68. The van der Waals surface area contributed by atoms with Crippen LogP contribution < -0.4 is 5.73 Å². The summed E-state index contributed by atoms with van der Waals surface area (Å²) in [5.74, 6) is 1.71. The summed E-state index contributed by atoms with van der Waals surface area (Å²) in [6, 6.07) is 6.13. The van der Waals surface area contributed by atoms with E-state index in [1.165, 1.54) is 0 Å². The molecule has 0 spiro atoms. The summed E-state index contributed by atoms with van der Waals surface area (Å²) in [5.41, 5.74) is 7.67. The summed E-state index contributed by atoms with van der Waals surface area (Å²) in [7, 11) is 0. The average Bonchev–Trinajstić information content (AvgIpc) is 2.64. The van der Waals surface area contributed by atoms with Crippen LogP contribution in [0.15, 0.2) is 22.7 Å². The summed E-state index contributed by atoms with van der Waals surface area (Å²) in [4.78, 5) is 0. The van der Waals surface area contributed by atoms with Crippen LogP contribution in [0, 0.1) is 6.92 Å². The van der Waals surface area contributed by atoms with Gasteiger partial charge in [-0.2, -0.15) is 0 Å². The quantitative estimate of drug-likeness (QED) is 0.866. The van der Waals surface area contributed by atoms with E-state index in [1.54, 1.807) is 0 Å². The van der Waals surface area contributed by atoms with E-state index in [0.29, 0.717) is 11.7 Å². The Morgan fingerprint density at radius 2 is 2.00 bits per heavy atom. The Labute approximate surface area is 109 Å². The van der Waals surface area contributed by atoms with E-state index in [2.05, 4.69) is 44.5 Å². The lowest BCUT2D eigenvalue weighted by atomic mass is 10.1. The van der Waals surface area contributed by atoms with Crippen molar-refractivity contribution in [2.45, 2.75) is 26.8 Å². The van der Waals surface area contributed by atoms with Gasteiger partial charge in [0.25, 0.3) is 0 Å². The number of nitrogen functional groups attached to an aromatic ring is 1. The first-order valence-corrected chi connectivity index (χ1v) is 6.27. The lowest BCUT2D eigenvalue weighted by molar-refractivity contribution is 0.588. The summed E-state index contributed by atoms with van der Waals surface area (Å²) in [6.07, 6.45) is 0. The van der Waals surface area contributed by atoms with E-state index in [1.807, 2.05) is 25.1 Å². The maximum absolute atomic E-state index is 6.06. The van der Waals surface area contributed by atoms with Crippen molar-refractivity contribution in [1.29, 1.82) is 0 Å². The van der Waals surface area contributed by atoms with Crippen LogP contribution in [0.1, 0.15) is 25.7 Å². The van der Waals surface area contributed by atoms with Gasteiger partial charge in [0.15, 0.2) is 5.82 Å². The lowest BCUT2D eigenvalue weighted by Gasteiger charge is -2.14. The van der Waals surface area contributed by atoms with Crippen molar-refractivity contribution in [1.82, 2.24) is 14.8 Å². The number of nitrogens with zero attached hydrogens (tertiary/aromatic N) is 3. The highest BCUT2D eigenvalue weighted by Crippen LogP contribution is 2.32. The van der Waals surface area contributed by atoms with Crippen molar-refractivity contribution in [3.8, 4) is 11.4 Å². The molecule has 0 aliphatic heterocycles. The SMILES string of the molecule is Cc1nnc(-c2cccc(Br)c2N)n1C(C)C. The van der Waals surface area contributed by atoms with Crippen LogP contribution in [0.2, 0.25) is 0 Å². The Morgan fingerprint density at radius 3 is 2.65 bits per heavy atom. The van der Waals surface area contributed by atoms with Gasteiger partial charge in [-0.1, -0.05) is 6.07 Å². The zero-order valence-corrected chi connectivity index (χ0v) is 11.7. The minimum absolute atomic E-state index is 0.304. The van der Waals surface area contributed by atoms with Crippen LogP contribution >= 0.6 is 15.9 Å². The van der Waals surface area contributed by atoms with Crippen molar-refractivity contribution in [3.63, 3.8) is 0 Å². The van der Waals surface area contributed by atoms with Crippen LogP contribution in [0.25, 0.3) is 11.4 Å². The highest BCUT2D eigenvalue weighted by molar-refractivity contribution is 9.10. The average molecular weight is 295 g/mol. The lowest BCUT2D eigenvalue weighted by Crippen LogP contribution is -2.06. The first-order chi connectivity index (χ1) is 8.02. The predicted molar refractivity (Wildman–Crippen MR) is 72.7 cm³/mol. The molecule has 0 fully saturated rings. The molecule has 0 radical (unpaired) electrons. The number of halogens is 1. The van der Waals surface area contributed by atoms with E-state index >= 15 is 0 Å². The third kappa shape index (κ3) is 2.07. The highest BCUT2D eigenvalue weighted by atomic mass is 79.9. The van der Waals surface area contributed by atoms with Gasteiger partial charge in [-0.05, 0) is 48.8 Å². The molecule has 90 valence electrons. The predicted octanol–water partition coefficient (Wildman–Crippen LogP) is 3.18. The number of para-hydroxylation sites is 1. The topological polar surface area (TPSA) is 56.7 Å². The molecule has 0 saturated heterocycles. The highest BCUT2D eigenvalue weighted by Gasteiger charge is 2.16. The molecule has 5 heteroatoms. The van der Waals surface area contributed by atoms with E-state index < -0.39 is 0 Å².